The summed E-state index contributed by atoms with van der Waals surface area (Å²) >= 11 is 5.82. The van der Waals surface area contributed by atoms with E-state index < -0.39 is 21.7 Å². The van der Waals surface area contributed by atoms with Gasteiger partial charge in [-0.2, -0.15) is 4.31 Å². The normalized spacial score (nSPS) is 12.8. The SMILES string of the molecule is C[C@@H](NC(=O)CN(C)S(=O)(=O)c1ccc(F)cc1)c1ccc(Cl)cc1. The summed E-state index contributed by atoms with van der Waals surface area (Å²) in [6, 6.07) is 11.1. The van der Waals surface area contributed by atoms with Crippen LogP contribution in [0.5, 0.6) is 0 Å². The second kappa shape index (κ2) is 7.95. The van der Waals surface area contributed by atoms with E-state index in [0.717, 1.165) is 34.1 Å². The maximum atomic E-state index is 12.9. The molecule has 2 rings (SSSR count). The van der Waals surface area contributed by atoms with Gasteiger partial charge in [-0.1, -0.05) is 23.7 Å². The number of likely N-dealkylation sites (N-methyl/N-ethyl adjacent to an activating group) is 1. The molecule has 0 unspecified atom stereocenters. The summed E-state index contributed by atoms with van der Waals surface area (Å²) in [6.07, 6.45) is 0. The average Bonchev–Trinajstić information content (AvgIpc) is 2.55. The van der Waals surface area contributed by atoms with Gasteiger partial charge >= 0.3 is 0 Å². The van der Waals surface area contributed by atoms with Crippen LogP contribution < -0.4 is 5.32 Å². The van der Waals surface area contributed by atoms with Crippen molar-refractivity contribution in [3.8, 4) is 0 Å². The fraction of sp³-hybridized carbons (Fsp3) is 0.235. The number of nitrogens with one attached hydrogen (secondary N) is 1. The summed E-state index contributed by atoms with van der Waals surface area (Å²) in [6.45, 7) is 1.44. The predicted molar refractivity (Wildman–Crippen MR) is 94.2 cm³/mol. The molecule has 2 aromatic rings. The van der Waals surface area contributed by atoms with Crippen molar-refractivity contribution in [3.63, 3.8) is 0 Å². The van der Waals surface area contributed by atoms with E-state index in [1.165, 1.54) is 7.05 Å². The highest BCUT2D eigenvalue weighted by atomic mass is 35.5. The van der Waals surface area contributed by atoms with Gasteiger partial charge in [0.05, 0.1) is 17.5 Å². The third-order valence-electron chi connectivity index (χ3n) is 3.64. The monoisotopic (exact) mass is 384 g/mol. The van der Waals surface area contributed by atoms with E-state index in [0.29, 0.717) is 5.02 Å². The second-order valence-electron chi connectivity index (χ2n) is 5.56. The van der Waals surface area contributed by atoms with Crippen molar-refractivity contribution in [2.45, 2.75) is 17.9 Å². The summed E-state index contributed by atoms with van der Waals surface area (Å²) in [5, 5.41) is 3.32. The molecule has 0 fully saturated rings. The lowest BCUT2D eigenvalue weighted by Crippen LogP contribution is -2.39. The Morgan fingerprint density at radius 3 is 2.28 bits per heavy atom. The number of nitrogens with zero attached hydrogens (tertiary/aromatic N) is 1. The Bertz CT molecular complexity index is 839. The van der Waals surface area contributed by atoms with Gasteiger partial charge in [0, 0.05) is 12.1 Å². The first-order valence-electron chi connectivity index (χ1n) is 7.47. The minimum Gasteiger partial charge on any atom is -0.348 e. The van der Waals surface area contributed by atoms with E-state index in [-0.39, 0.29) is 17.5 Å². The Kier molecular flexibility index (Phi) is 6.16. The Morgan fingerprint density at radius 2 is 1.72 bits per heavy atom. The van der Waals surface area contributed by atoms with Crippen LogP contribution in [0, 0.1) is 5.82 Å². The molecule has 0 aliphatic carbocycles. The first kappa shape index (κ1) is 19.4. The van der Waals surface area contributed by atoms with Crippen LogP contribution in [0.1, 0.15) is 18.5 Å². The number of hydrogen-bond acceptors (Lipinski definition) is 3. The molecule has 0 saturated carbocycles. The molecule has 134 valence electrons. The molecule has 25 heavy (non-hydrogen) atoms. The maximum absolute atomic E-state index is 12.9. The molecule has 0 aliphatic heterocycles. The third kappa shape index (κ3) is 5.01. The molecule has 1 amide bonds. The zero-order valence-electron chi connectivity index (χ0n) is 13.7. The Morgan fingerprint density at radius 1 is 1.16 bits per heavy atom. The molecule has 5 nitrogen and oxygen atoms in total. The molecule has 0 radical (unpaired) electrons. The van der Waals surface area contributed by atoms with Crippen LogP contribution in [0.4, 0.5) is 4.39 Å². The number of halogens is 2. The van der Waals surface area contributed by atoms with Gasteiger partial charge in [-0.25, -0.2) is 12.8 Å². The number of amides is 1. The first-order valence-corrected chi connectivity index (χ1v) is 9.28. The van der Waals surface area contributed by atoms with Crippen LogP contribution in [0.15, 0.2) is 53.4 Å². The Labute approximate surface area is 151 Å². The van der Waals surface area contributed by atoms with Crippen LogP contribution in [0.25, 0.3) is 0 Å². The number of carbonyl (C=O) groups excluding carboxylic acids is 1. The number of carbonyl (C=O) groups is 1. The maximum Gasteiger partial charge on any atom is 0.243 e. The van der Waals surface area contributed by atoms with Crippen molar-refractivity contribution < 1.29 is 17.6 Å². The molecular weight excluding hydrogens is 367 g/mol. The smallest absolute Gasteiger partial charge is 0.243 e. The van der Waals surface area contributed by atoms with Crippen molar-refractivity contribution >= 4 is 27.5 Å². The Hall–Kier alpha value is -1.96. The molecule has 1 atom stereocenters. The van der Waals surface area contributed by atoms with Crippen molar-refractivity contribution in [2.24, 2.45) is 0 Å². The molecule has 0 bridgehead atoms. The average molecular weight is 385 g/mol. The van der Waals surface area contributed by atoms with Gasteiger partial charge < -0.3 is 5.32 Å². The van der Waals surface area contributed by atoms with Gasteiger partial charge in [-0.05, 0) is 48.9 Å². The second-order valence-corrected chi connectivity index (χ2v) is 8.04. The van der Waals surface area contributed by atoms with Crippen LogP contribution >= 0.6 is 11.6 Å². The fourth-order valence-corrected chi connectivity index (χ4v) is 3.45. The van der Waals surface area contributed by atoms with Gasteiger partial charge in [-0.3, -0.25) is 4.79 Å². The molecular formula is C17H18ClFN2O3S. The number of benzene rings is 2. The van der Waals surface area contributed by atoms with Crippen LogP contribution in [0.3, 0.4) is 0 Å². The third-order valence-corrected chi connectivity index (χ3v) is 5.71. The minimum absolute atomic E-state index is 0.0741. The van der Waals surface area contributed by atoms with Crippen LogP contribution in [-0.2, 0) is 14.8 Å². The van der Waals surface area contributed by atoms with Crippen molar-refractivity contribution in [2.75, 3.05) is 13.6 Å². The van der Waals surface area contributed by atoms with Crippen molar-refractivity contribution in [1.29, 1.82) is 0 Å². The lowest BCUT2D eigenvalue weighted by atomic mass is 10.1. The summed E-state index contributed by atoms with van der Waals surface area (Å²) in [4.78, 5) is 12.1. The number of sulfonamides is 1. The van der Waals surface area contributed by atoms with Crippen molar-refractivity contribution in [3.05, 3.63) is 64.9 Å². The van der Waals surface area contributed by atoms with Gasteiger partial charge in [0.2, 0.25) is 15.9 Å². The molecule has 0 saturated heterocycles. The van der Waals surface area contributed by atoms with Crippen LogP contribution in [-0.4, -0.2) is 32.2 Å². The molecule has 1 N–H and O–H groups in total. The quantitative estimate of drug-likeness (QED) is 0.832. The summed E-state index contributed by atoms with van der Waals surface area (Å²) < 4.78 is 38.6. The Balaban J connectivity index is 2.01. The summed E-state index contributed by atoms with van der Waals surface area (Å²) in [7, 11) is -2.57. The predicted octanol–water partition coefficient (Wildman–Crippen LogP) is 2.98. The zero-order valence-corrected chi connectivity index (χ0v) is 15.3. The van der Waals surface area contributed by atoms with Gasteiger partial charge in [-0.15, -0.1) is 0 Å². The molecule has 2 aromatic carbocycles. The standard InChI is InChI=1S/C17H18ClFN2O3S/c1-12(13-3-5-14(18)6-4-13)20-17(22)11-21(2)25(23,24)16-9-7-15(19)8-10-16/h3-10,12H,11H2,1-2H3,(H,20,22)/t12-/m1/s1. The molecule has 0 spiro atoms. The van der Waals surface area contributed by atoms with E-state index >= 15 is 0 Å². The molecule has 0 aliphatic rings. The van der Waals surface area contributed by atoms with Gasteiger partial charge in [0.25, 0.3) is 0 Å². The topological polar surface area (TPSA) is 66.5 Å². The number of rotatable bonds is 6. The lowest BCUT2D eigenvalue weighted by molar-refractivity contribution is -0.121. The summed E-state index contributed by atoms with van der Waals surface area (Å²) in [5.74, 6) is -0.980. The highest BCUT2D eigenvalue weighted by molar-refractivity contribution is 7.89. The van der Waals surface area contributed by atoms with E-state index in [4.69, 9.17) is 11.6 Å². The molecule has 0 heterocycles. The van der Waals surface area contributed by atoms with E-state index in [9.17, 15) is 17.6 Å². The van der Waals surface area contributed by atoms with Gasteiger partial charge in [0.15, 0.2) is 0 Å². The van der Waals surface area contributed by atoms with E-state index in [1.54, 1.807) is 31.2 Å². The first-order chi connectivity index (χ1) is 11.7. The van der Waals surface area contributed by atoms with Gasteiger partial charge in [0.1, 0.15) is 5.82 Å². The lowest BCUT2D eigenvalue weighted by Gasteiger charge is -2.19. The highest BCUT2D eigenvalue weighted by Gasteiger charge is 2.23. The fourth-order valence-electron chi connectivity index (χ4n) is 2.20. The largest absolute Gasteiger partial charge is 0.348 e. The highest BCUT2D eigenvalue weighted by Crippen LogP contribution is 2.17. The number of hydrogen-bond donors (Lipinski definition) is 1. The minimum atomic E-state index is -3.87. The van der Waals surface area contributed by atoms with E-state index in [1.807, 2.05) is 0 Å². The zero-order chi connectivity index (χ0) is 18.6. The van der Waals surface area contributed by atoms with Crippen LogP contribution in [0.2, 0.25) is 5.02 Å². The van der Waals surface area contributed by atoms with Crippen molar-refractivity contribution in [1.82, 2.24) is 9.62 Å². The van der Waals surface area contributed by atoms with E-state index in [2.05, 4.69) is 5.32 Å². The summed E-state index contributed by atoms with van der Waals surface area (Å²) in [5.41, 5.74) is 0.849. The molecule has 0 aromatic heterocycles. The molecule has 8 heteroatoms.